The monoisotopic (exact) mass is 316 g/mol. The predicted molar refractivity (Wildman–Crippen MR) is 100 cm³/mol. The number of nitrogens with zero attached hydrogens (tertiary/aromatic N) is 1. The molecule has 3 rings (SSSR count). The summed E-state index contributed by atoms with van der Waals surface area (Å²) in [4.78, 5) is 0. The van der Waals surface area contributed by atoms with Gasteiger partial charge in [0.1, 0.15) is 0 Å². The van der Waals surface area contributed by atoms with E-state index in [0.29, 0.717) is 0 Å². The molecular weight excluding hydrogens is 278 g/mol. The van der Waals surface area contributed by atoms with Gasteiger partial charge in [-0.2, -0.15) is 0 Å². The van der Waals surface area contributed by atoms with Crippen LogP contribution in [0.2, 0.25) is 0 Å². The molecule has 1 heteroatoms. The van der Waals surface area contributed by atoms with Gasteiger partial charge in [0.15, 0.2) is 0 Å². The molecule has 1 nitrogen and oxygen atoms in total. The van der Waals surface area contributed by atoms with Crippen molar-refractivity contribution in [2.75, 3.05) is 14.1 Å². The maximum Gasteiger partial charge on any atom is 0.0988 e. The molecule has 2 saturated carbocycles. The second-order valence-electron chi connectivity index (χ2n) is 9.44. The Bertz CT molecular complexity index is 544. The Morgan fingerprint density at radius 3 is 1.74 bits per heavy atom. The third kappa shape index (κ3) is 2.37. The van der Waals surface area contributed by atoms with Crippen LogP contribution >= 0.6 is 0 Å². The highest BCUT2D eigenvalue weighted by molar-refractivity contribution is 5.44. The van der Waals surface area contributed by atoms with E-state index in [1.807, 2.05) is 0 Å². The van der Waals surface area contributed by atoms with Crippen LogP contribution in [-0.4, -0.2) is 30.7 Å². The lowest BCUT2D eigenvalue weighted by molar-refractivity contribution is -0.943. The quantitative estimate of drug-likeness (QED) is 0.583. The van der Waals surface area contributed by atoms with E-state index in [1.165, 1.54) is 30.2 Å². The van der Waals surface area contributed by atoms with Gasteiger partial charge in [0.2, 0.25) is 0 Å². The number of rotatable bonds is 2. The van der Waals surface area contributed by atoms with Crippen LogP contribution in [0.3, 0.4) is 0 Å². The maximum absolute atomic E-state index is 2.55. The van der Waals surface area contributed by atoms with Crippen LogP contribution in [0.15, 0.2) is 22.3 Å². The first-order valence-electron chi connectivity index (χ1n) is 9.88. The minimum Gasteiger partial charge on any atom is -0.323 e. The molecule has 2 fully saturated rings. The standard InChI is InChI=1S/C22H38N/c1-13-14(2)16(4)21-20(15(13)3)17(5)18(6)22(21)23(7,8)19-11-9-10-12-19/h17-22H,9-12H2,1-8H3/q+1. The fourth-order valence-corrected chi connectivity index (χ4v) is 6.62. The molecule has 0 aliphatic heterocycles. The van der Waals surface area contributed by atoms with E-state index < -0.39 is 0 Å². The fourth-order valence-electron chi connectivity index (χ4n) is 6.62. The van der Waals surface area contributed by atoms with Gasteiger partial charge >= 0.3 is 0 Å². The molecule has 0 bridgehead atoms. The molecule has 23 heavy (non-hydrogen) atoms. The van der Waals surface area contributed by atoms with Gasteiger partial charge in [0, 0.05) is 11.8 Å². The average molecular weight is 317 g/mol. The van der Waals surface area contributed by atoms with Crippen molar-refractivity contribution in [3.63, 3.8) is 0 Å². The van der Waals surface area contributed by atoms with Gasteiger partial charge in [-0.1, -0.05) is 25.0 Å². The molecule has 0 aromatic rings. The van der Waals surface area contributed by atoms with Crippen molar-refractivity contribution in [2.45, 2.75) is 79.3 Å². The van der Waals surface area contributed by atoms with E-state index in [0.717, 1.165) is 35.8 Å². The smallest absolute Gasteiger partial charge is 0.0988 e. The van der Waals surface area contributed by atoms with Gasteiger partial charge < -0.3 is 4.48 Å². The van der Waals surface area contributed by atoms with E-state index in [-0.39, 0.29) is 0 Å². The summed E-state index contributed by atoms with van der Waals surface area (Å²) in [7, 11) is 5.10. The first-order chi connectivity index (χ1) is 10.7. The topological polar surface area (TPSA) is 0 Å². The molecule has 3 aliphatic rings. The Balaban J connectivity index is 2.05. The van der Waals surface area contributed by atoms with Gasteiger partial charge in [-0.05, 0) is 76.4 Å². The fraction of sp³-hybridized carbons (Fsp3) is 0.818. The average Bonchev–Trinajstić information content (AvgIpc) is 3.12. The van der Waals surface area contributed by atoms with Crippen molar-refractivity contribution in [2.24, 2.45) is 23.7 Å². The number of quaternary nitrogens is 1. The summed E-state index contributed by atoms with van der Waals surface area (Å²) in [5.41, 5.74) is 6.55. The van der Waals surface area contributed by atoms with Crippen molar-refractivity contribution in [1.82, 2.24) is 0 Å². The Kier molecular flexibility index (Phi) is 4.32. The zero-order chi connectivity index (χ0) is 17.1. The molecule has 5 unspecified atom stereocenters. The van der Waals surface area contributed by atoms with Crippen LogP contribution < -0.4 is 0 Å². The van der Waals surface area contributed by atoms with E-state index in [4.69, 9.17) is 0 Å². The van der Waals surface area contributed by atoms with Crippen molar-refractivity contribution >= 4 is 0 Å². The van der Waals surface area contributed by atoms with Gasteiger partial charge in [0.25, 0.3) is 0 Å². The molecule has 0 aromatic heterocycles. The van der Waals surface area contributed by atoms with Crippen molar-refractivity contribution in [1.29, 1.82) is 0 Å². The van der Waals surface area contributed by atoms with E-state index in [1.54, 1.807) is 22.3 Å². The molecular formula is C22H38N+. The number of hydrogen-bond acceptors (Lipinski definition) is 0. The van der Waals surface area contributed by atoms with Gasteiger partial charge in [-0.15, -0.1) is 0 Å². The summed E-state index contributed by atoms with van der Waals surface area (Å²) in [6.07, 6.45) is 5.78. The SMILES string of the molecule is CC1=C(C)C2C(C)C(C)C([N+](C)(C)C3CCCC3)C2C(C)=C1C. The van der Waals surface area contributed by atoms with Crippen LogP contribution in [0.4, 0.5) is 0 Å². The van der Waals surface area contributed by atoms with Crippen LogP contribution in [-0.2, 0) is 0 Å². The Hall–Kier alpha value is -0.560. The number of fused-ring (bicyclic) bond motifs is 1. The molecule has 0 spiro atoms. The molecule has 0 aromatic carbocycles. The second-order valence-corrected chi connectivity index (χ2v) is 9.44. The molecule has 0 amide bonds. The van der Waals surface area contributed by atoms with E-state index >= 15 is 0 Å². The summed E-state index contributed by atoms with van der Waals surface area (Å²) < 4.78 is 1.25. The van der Waals surface area contributed by atoms with Crippen molar-refractivity contribution < 1.29 is 4.48 Å². The zero-order valence-electron chi connectivity index (χ0n) is 16.7. The molecule has 0 saturated heterocycles. The first-order valence-corrected chi connectivity index (χ1v) is 9.88. The summed E-state index contributed by atoms with van der Waals surface area (Å²) in [6.45, 7) is 14.7. The predicted octanol–water partition coefficient (Wildman–Crippen LogP) is 5.58. The van der Waals surface area contributed by atoms with Crippen LogP contribution in [0.1, 0.15) is 67.2 Å². The lowest BCUT2D eigenvalue weighted by Gasteiger charge is -2.47. The lowest BCUT2D eigenvalue weighted by atomic mass is 9.71. The Morgan fingerprint density at radius 1 is 0.739 bits per heavy atom. The molecule has 130 valence electrons. The van der Waals surface area contributed by atoms with Crippen LogP contribution in [0.25, 0.3) is 0 Å². The highest BCUT2D eigenvalue weighted by Gasteiger charge is 2.57. The second kappa shape index (κ2) is 5.76. The molecule has 0 radical (unpaired) electrons. The minimum atomic E-state index is 0.763. The third-order valence-corrected chi connectivity index (χ3v) is 8.47. The molecule has 0 N–H and O–H groups in total. The summed E-state index contributed by atoms with van der Waals surface area (Å²) >= 11 is 0. The maximum atomic E-state index is 2.55. The zero-order valence-corrected chi connectivity index (χ0v) is 16.7. The first kappa shape index (κ1) is 17.3. The van der Waals surface area contributed by atoms with Crippen molar-refractivity contribution in [3.05, 3.63) is 22.3 Å². The summed E-state index contributed by atoms with van der Waals surface area (Å²) in [5, 5.41) is 0. The Labute approximate surface area is 144 Å². The minimum absolute atomic E-state index is 0.763. The van der Waals surface area contributed by atoms with Gasteiger partial charge in [-0.3, -0.25) is 0 Å². The summed E-state index contributed by atoms with van der Waals surface area (Å²) in [6, 6.07) is 1.67. The number of hydrogen-bond donors (Lipinski definition) is 0. The third-order valence-electron chi connectivity index (χ3n) is 8.47. The van der Waals surface area contributed by atoms with Gasteiger partial charge in [0.05, 0.1) is 26.2 Å². The molecule has 5 atom stereocenters. The van der Waals surface area contributed by atoms with Crippen molar-refractivity contribution in [3.8, 4) is 0 Å². The largest absolute Gasteiger partial charge is 0.323 e. The lowest BCUT2D eigenvalue weighted by Crippen LogP contribution is -2.59. The van der Waals surface area contributed by atoms with Crippen LogP contribution in [0.5, 0.6) is 0 Å². The van der Waals surface area contributed by atoms with E-state index in [2.05, 4.69) is 55.6 Å². The van der Waals surface area contributed by atoms with Crippen LogP contribution in [0, 0.1) is 23.7 Å². The molecule has 3 aliphatic carbocycles. The van der Waals surface area contributed by atoms with Gasteiger partial charge in [-0.25, -0.2) is 0 Å². The molecule has 0 heterocycles. The summed E-state index contributed by atoms with van der Waals surface area (Å²) in [5.74, 6) is 3.16. The normalized spacial score (nSPS) is 39.4. The van der Waals surface area contributed by atoms with E-state index in [9.17, 15) is 0 Å². The Morgan fingerprint density at radius 2 is 1.22 bits per heavy atom. The highest BCUT2D eigenvalue weighted by atomic mass is 15.4. The highest BCUT2D eigenvalue weighted by Crippen LogP contribution is 2.56. The number of allylic oxidation sites excluding steroid dienone is 3.